The molecule has 0 fully saturated rings. The Morgan fingerprint density at radius 1 is 1.11 bits per heavy atom. The normalized spacial score (nSPS) is 11.6. The van der Waals surface area contributed by atoms with E-state index in [0.29, 0.717) is 11.8 Å². The van der Waals surface area contributed by atoms with Crippen molar-refractivity contribution in [1.29, 1.82) is 0 Å². The van der Waals surface area contributed by atoms with Gasteiger partial charge in [0.15, 0.2) is 6.61 Å². The summed E-state index contributed by atoms with van der Waals surface area (Å²) in [5.41, 5.74) is 0.924. The lowest BCUT2D eigenvalue weighted by molar-refractivity contribution is 0.250. The fourth-order valence-electron chi connectivity index (χ4n) is 1.38. The van der Waals surface area contributed by atoms with Crippen LogP contribution in [0.5, 0.6) is 5.88 Å². The van der Waals surface area contributed by atoms with E-state index >= 15 is 0 Å². The highest BCUT2D eigenvalue weighted by Crippen LogP contribution is 2.20. The Bertz CT molecular complexity index is 512. The topological polar surface area (TPSA) is 61.0 Å². The number of oxazole rings is 1. The van der Waals surface area contributed by atoms with E-state index < -0.39 is 0 Å². The van der Waals surface area contributed by atoms with Crippen LogP contribution >= 0.6 is 0 Å². The molecule has 0 bridgehead atoms. The third-order valence-corrected chi connectivity index (χ3v) is 2.41. The summed E-state index contributed by atoms with van der Waals surface area (Å²) in [4.78, 5) is 12.6. The minimum absolute atomic E-state index is 0.00872. The summed E-state index contributed by atoms with van der Waals surface area (Å²) in [6.45, 7) is 8.37. The Balaban J connectivity index is 1.98. The average molecular weight is 247 g/mol. The Labute approximate surface area is 106 Å². The smallest absolute Gasteiger partial charge is 0.232 e. The van der Waals surface area contributed by atoms with Gasteiger partial charge in [-0.15, -0.1) is 0 Å². The predicted molar refractivity (Wildman–Crippen MR) is 66.3 cm³/mol. The molecule has 2 rings (SSSR count). The number of rotatable bonds is 3. The van der Waals surface area contributed by atoms with Gasteiger partial charge < -0.3 is 9.15 Å². The van der Waals surface area contributed by atoms with Gasteiger partial charge in [0.05, 0.1) is 24.3 Å². The maximum Gasteiger partial charge on any atom is 0.232 e. The minimum atomic E-state index is -0.00872. The first-order chi connectivity index (χ1) is 8.45. The molecule has 0 spiro atoms. The Kier molecular flexibility index (Phi) is 3.32. The third kappa shape index (κ3) is 3.06. The first-order valence-corrected chi connectivity index (χ1v) is 5.82. The van der Waals surface area contributed by atoms with Crippen LogP contribution in [0.4, 0.5) is 0 Å². The molecule has 0 amide bonds. The molecular weight excluding hydrogens is 230 g/mol. The molecule has 5 nitrogen and oxygen atoms in total. The van der Waals surface area contributed by atoms with Gasteiger partial charge in [-0.05, 0) is 6.92 Å². The van der Waals surface area contributed by atoms with Crippen LogP contribution in [0.3, 0.4) is 0 Å². The van der Waals surface area contributed by atoms with Gasteiger partial charge in [-0.1, -0.05) is 20.8 Å². The molecule has 5 heteroatoms. The molecule has 0 aliphatic heterocycles. The van der Waals surface area contributed by atoms with Crippen LogP contribution in [0.1, 0.15) is 38.1 Å². The van der Waals surface area contributed by atoms with E-state index in [1.165, 1.54) is 0 Å². The van der Waals surface area contributed by atoms with E-state index in [9.17, 15) is 0 Å². The van der Waals surface area contributed by atoms with Crippen molar-refractivity contribution in [2.75, 3.05) is 0 Å². The summed E-state index contributed by atoms with van der Waals surface area (Å²) < 4.78 is 10.7. The van der Waals surface area contributed by atoms with Crippen LogP contribution in [0.25, 0.3) is 0 Å². The number of hydrogen-bond acceptors (Lipinski definition) is 5. The van der Waals surface area contributed by atoms with Crippen molar-refractivity contribution in [2.45, 2.75) is 39.7 Å². The van der Waals surface area contributed by atoms with Crippen molar-refractivity contribution in [3.63, 3.8) is 0 Å². The Hall–Kier alpha value is -1.91. The maximum atomic E-state index is 5.44. The number of aromatic nitrogens is 3. The standard InChI is InChI=1S/C13H17N3O2/c1-9-5-15-12(18-9)8-17-11-7-14-10(6-16-11)13(2,3)4/h5-7H,8H2,1-4H3. The van der Waals surface area contributed by atoms with Crippen molar-refractivity contribution < 1.29 is 9.15 Å². The number of nitrogens with zero attached hydrogens (tertiary/aromatic N) is 3. The fourth-order valence-corrected chi connectivity index (χ4v) is 1.38. The largest absolute Gasteiger partial charge is 0.467 e. The van der Waals surface area contributed by atoms with Crippen molar-refractivity contribution in [1.82, 2.24) is 15.0 Å². The molecule has 0 saturated heterocycles. The summed E-state index contributed by atoms with van der Waals surface area (Å²) in [6.07, 6.45) is 5.01. The SMILES string of the molecule is Cc1cnc(COc2cnc(C(C)(C)C)cn2)o1. The van der Waals surface area contributed by atoms with Gasteiger partial charge in [-0.25, -0.2) is 9.97 Å². The van der Waals surface area contributed by atoms with Gasteiger partial charge in [-0.2, -0.15) is 0 Å². The van der Waals surface area contributed by atoms with E-state index in [0.717, 1.165) is 11.5 Å². The van der Waals surface area contributed by atoms with E-state index in [4.69, 9.17) is 9.15 Å². The van der Waals surface area contributed by atoms with Crippen molar-refractivity contribution >= 4 is 0 Å². The summed E-state index contributed by atoms with van der Waals surface area (Å²) in [5.74, 6) is 1.77. The predicted octanol–water partition coefficient (Wildman–Crippen LogP) is 2.65. The molecule has 2 aromatic heterocycles. The van der Waals surface area contributed by atoms with Gasteiger partial charge in [-0.3, -0.25) is 4.98 Å². The quantitative estimate of drug-likeness (QED) is 0.834. The molecule has 96 valence electrons. The zero-order valence-electron chi connectivity index (χ0n) is 11.1. The third-order valence-electron chi connectivity index (χ3n) is 2.41. The van der Waals surface area contributed by atoms with Gasteiger partial charge in [0.1, 0.15) is 5.76 Å². The lowest BCUT2D eigenvalue weighted by Crippen LogP contribution is -2.13. The zero-order valence-corrected chi connectivity index (χ0v) is 11.1. The van der Waals surface area contributed by atoms with E-state index in [2.05, 4.69) is 35.7 Å². The molecule has 0 aromatic carbocycles. The number of ether oxygens (including phenoxy) is 1. The minimum Gasteiger partial charge on any atom is -0.467 e. The van der Waals surface area contributed by atoms with Crippen LogP contribution in [0.2, 0.25) is 0 Å². The van der Waals surface area contributed by atoms with Crippen molar-refractivity contribution in [2.24, 2.45) is 0 Å². The molecule has 0 aliphatic carbocycles. The molecular formula is C13H17N3O2. The maximum absolute atomic E-state index is 5.44. The highest BCUT2D eigenvalue weighted by Gasteiger charge is 2.15. The highest BCUT2D eigenvalue weighted by molar-refractivity contribution is 5.13. The molecule has 0 aliphatic rings. The lowest BCUT2D eigenvalue weighted by Gasteiger charge is -2.16. The molecule has 0 N–H and O–H groups in total. The van der Waals surface area contributed by atoms with Crippen LogP contribution in [0, 0.1) is 6.92 Å². The van der Waals surface area contributed by atoms with E-state index in [1.807, 2.05) is 6.92 Å². The molecule has 0 saturated carbocycles. The second kappa shape index (κ2) is 4.76. The zero-order chi connectivity index (χ0) is 13.2. The Morgan fingerprint density at radius 3 is 2.39 bits per heavy atom. The Morgan fingerprint density at radius 2 is 1.89 bits per heavy atom. The molecule has 18 heavy (non-hydrogen) atoms. The van der Waals surface area contributed by atoms with Crippen LogP contribution < -0.4 is 4.74 Å². The second-order valence-electron chi connectivity index (χ2n) is 5.14. The number of hydrogen-bond donors (Lipinski definition) is 0. The van der Waals surface area contributed by atoms with Gasteiger partial charge in [0.2, 0.25) is 11.8 Å². The fraction of sp³-hybridized carbons (Fsp3) is 0.462. The van der Waals surface area contributed by atoms with E-state index in [-0.39, 0.29) is 12.0 Å². The van der Waals surface area contributed by atoms with Gasteiger partial charge >= 0.3 is 0 Å². The lowest BCUT2D eigenvalue weighted by atomic mass is 9.93. The second-order valence-corrected chi connectivity index (χ2v) is 5.14. The van der Waals surface area contributed by atoms with Crippen LogP contribution in [-0.2, 0) is 12.0 Å². The summed E-state index contributed by atoms with van der Waals surface area (Å²) >= 11 is 0. The monoisotopic (exact) mass is 247 g/mol. The molecule has 2 heterocycles. The van der Waals surface area contributed by atoms with E-state index in [1.54, 1.807) is 18.6 Å². The molecule has 0 atom stereocenters. The first kappa shape index (κ1) is 12.5. The molecule has 0 unspecified atom stereocenters. The van der Waals surface area contributed by atoms with Gasteiger partial charge in [0.25, 0.3) is 0 Å². The first-order valence-electron chi connectivity index (χ1n) is 5.82. The van der Waals surface area contributed by atoms with Crippen LogP contribution in [-0.4, -0.2) is 15.0 Å². The molecule has 0 radical (unpaired) electrons. The van der Waals surface area contributed by atoms with Crippen molar-refractivity contribution in [3.8, 4) is 5.88 Å². The van der Waals surface area contributed by atoms with Crippen LogP contribution in [0.15, 0.2) is 23.0 Å². The van der Waals surface area contributed by atoms with Crippen molar-refractivity contribution in [3.05, 3.63) is 35.9 Å². The summed E-state index contributed by atoms with van der Waals surface area (Å²) in [5, 5.41) is 0. The number of aryl methyl sites for hydroxylation is 1. The molecule has 2 aromatic rings. The average Bonchev–Trinajstić information content (AvgIpc) is 2.72. The highest BCUT2D eigenvalue weighted by atomic mass is 16.5. The summed E-state index contributed by atoms with van der Waals surface area (Å²) in [6, 6.07) is 0. The van der Waals surface area contributed by atoms with Gasteiger partial charge in [0, 0.05) is 5.41 Å². The summed E-state index contributed by atoms with van der Waals surface area (Å²) in [7, 11) is 0.